The van der Waals surface area contributed by atoms with Crippen LogP contribution in [-0.4, -0.2) is 77.5 Å². The van der Waals surface area contributed by atoms with E-state index in [1.54, 1.807) is 23.1 Å². The van der Waals surface area contributed by atoms with Crippen molar-refractivity contribution in [3.63, 3.8) is 0 Å². The maximum Gasteiger partial charge on any atom is 0.276 e. The summed E-state index contributed by atoms with van der Waals surface area (Å²) in [6.45, 7) is 4.72. The average molecular weight is 417 g/mol. The van der Waals surface area contributed by atoms with Crippen molar-refractivity contribution < 1.29 is 14.1 Å². The normalized spacial score (nSPS) is 18.1. The van der Waals surface area contributed by atoms with Gasteiger partial charge in [-0.2, -0.15) is 0 Å². The second kappa shape index (κ2) is 8.97. The Morgan fingerprint density at radius 3 is 2.31 bits per heavy atom. The summed E-state index contributed by atoms with van der Waals surface area (Å²) in [6.07, 6.45) is 3.42. The van der Waals surface area contributed by atoms with Crippen molar-refractivity contribution >= 4 is 23.4 Å². The van der Waals surface area contributed by atoms with E-state index in [2.05, 4.69) is 10.1 Å². The molecule has 3 heterocycles. The lowest BCUT2D eigenvalue weighted by Crippen LogP contribution is -2.52. The van der Waals surface area contributed by atoms with Gasteiger partial charge in [0.15, 0.2) is 11.5 Å². The summed E-state index contributed by atoms with van der Waals surface area (Å²) in [7, 11) is 0. The van der Waals surface area contributed by atoms with Gasteiger partial charge in [-0.3, -0.25) is 14.5 Å². The Morgan fingerprint density at radius 2 is 1.62 bits per heavy atom. The Hall–Kier alpha value is -2.38. The molecule has 8 heteroatoms. The fourth-order valence-electron chi connectivity index (χ4n) is 3.83. The van der Waals surface area contributed by atoms with Crippen LogP contribution in [0.3, 0.4) is 0 Å². The van der Waals surface area contributed by atoms with Crippen molar-refractivity contribution in [1.29, 1.82) is 0 Å². The number of benzene rings is 1. The first kappa shape index (κ1) is 19.9. The molecular formula is C21H25ClN4O3. The zero-order valence-electron chi connectivity index (χ0n) is 16.3. The van der Waals surface area contributed by atoms with E-state index < -0.39 is 0 Å². The van der Waals surface area contributed by atoms with Crippen LogP contribution in [0, 0.1) is 0 Å². The number of rotatable bonds is 4. The van der Waals surface area contributed by atoms with E-state index in [4.69, 9.17) is 16.1 Å². The van der Waals surface area contributed by atoms with E-state index in [0.717, 1.165) is 31.5 Å². The molecule has 0 unspecified atom stereocenters. The number of halogens is 1. The van der Waals surface area contributed by atoms with Crippen molar-refractivity contribution in [3.05, 3.63) is 41.0 Å². The molecule has 0 bridgehead atoms. The van der Waals surface area contributed by atoms with Gasteiger partial charge >= 0.3 is 0 Å². The number of hydrogen-bond donors (Lipinski definition) is 0. The van der Waals surface area contributed by atoms with Crippen LogP contribution in [0.2, 0.25) is 5.02 Å². The first-order valence-corrected chi connectivity index (χ1v) is 10.5. The van der Waals surface area contributed by atoms with E-state index in [9.17, 15) is 9.59 Å². The SMILES string of the molecule is O=C(CN1CCN(C(=O)c2cc(-c3ccc(Cl)cc3)on2)CC1)N1CCCCC1. The van der Waals surface area contributed by atoms with Crippen LogP contribution < -0.4 is 0 Å². The molecule has 29 heavy (non-hydrogen) atoms. The molecule has 0 radical (unpaired) electrons. The summed E-state index contributed by atoms with van der Waals surface area (Å²) in [5, 5.41) is 4.59. The van der Waals surface area contributed by atoms with E-state index in [1.165, 1.54) is 6.42 Å². The van der Waals surface area contributed by atoms with E-state index in [-0.39, 0.29) is 11.8 Å². The lowest BCUT2D eigenvalue weighted by molar-refractivity contribution is -0.133. The van der Waals surface area contributed by atoms with E-state index >= 15 is 0 Å². The fraction of sp³-hybridized carbons (Fsp3) is 0.476. The monoisotopic (exact) mass is 416 g/mol. The molecule has 7 nitrogen and oxygen atoms in total. The topological polar surface area (TPSA) is 69.9 Å². The molecule has 0 N–H and O–H groups in total. The molecule has 2 fully saturated rings. The Kier molecular flexibility index (Phi) is 6.16. The van der Waals surface area contributed by atoms with E-state index in [0.29, 0.717) is 49.2 Å². The Morgan fingerprint density at radius 1 is 0.931 bits per heavy atom. The fourth-order valence-corrected chi connectivity index (χ4v) is 3.96. The van der Waals surface area contributed by atoms with E-state index in [1.807, 2.05) is 17.0 Å². The number of carbonyl (C=O) groups excluding carboxylic acids is 2. The largest absolute Gasteiger partial charge is 0.355 e. The molecule has 154 valence electrons. The maximum absolute atomic E-state index is 12.8. The molecule has 2 saturated heterocycles. The van der Waals surface area contributed by atoms with Gasteiger partial charge in [0.05, 0.1) is 6.54 Å². The third-order valence-corrected chi connectivity index (χ3v) is 5.84. The van der Waals surface area contributed by atoms with Crippen LogP contribution >= 0.6 is 11.6 Å². The summed E-state index contributed by atoms with van der Waals surface area (Å²) in [6, 6.07) is 8.86. The highest BCUT2D eigenvalue weighted by Gasteiger charge is 2.27. The van der Waals surface area contributed by atoms with Gasteiger partial charge in [0.2, 0.25) is 5.91 Å². The smallest absolute Gasteiger partial charge is 0.276 e. The lowest BCUT2D eigenvalue weighted by atomic mass is 10.1. The molecule has 0 aliphatic carbocycles. The number of aromatic nitrogens is 1. The zero-order valence-corrected chi connectivity index (χ0v) is 17.1. The van der Waals surface area contributed by atoms with Crippen molar-refractivity contribution in [1.82, 2.24) is 19.9 Å². The second-order valence-corrected chi connectivity index (χ2v) is 8.03. The van der Waals surface area contributed by atoms with Crippen LogP contribution in [0.25, 0.3) is 11.3 Å². The van der Waals surface area contributed by atoms with Gasteiger partial charge in [0, 0.05) is 55.9 Å². The van der Waals surface area contributed by atoms with Crippen molar-refractivity contribution in [2.24, 2.45) is 0 Å². The minimum atomic E-state index is -0.143. The summed E-state index contributed by atoms with van der Waals surface area (Å²) in [5.74, 6) is 0.598. The number of carbonyl (C=O) groups is 2. The van der Waals surface area contributed by atoms with Gasteiger partial charge in [0.1, 0.15) is 0 Å². The second-order valence-electron chi connectivity index (χ2n) is 7.59. The molecule has 0 spiro atoms. The van der Waals surface area contributed by atoms with Gasteiger partial charge in [-0.15, -0.1) is 0 Å². The van der Waals surface area contributed by atoms with Crippen molar-refractivity contribution in [2.45, 2.75) is 19.3 Å². The van der Waals surface area contributed by atoms with Gasteiger partial charge in [-0.05, 0) is 43.5 Å². The highest BCUT2D eigenvalue weighted by Crippen LogP contribution is 2.23. The summed E-state index contributed by atoms with van der Waals surface area (Å²) < 4.78 is 5.34. The average Bonchev–Trinajstić information content (AvgIpc) is 3.25. The minimum Gasteiger partial charge on any atom is -0.355 e. The van der Waals surface area contributed by atoms with Crippen molar-refractivity contribution in [3.8, 4) is 11.3 Å². The van der Waals surface area contributed by atoms with Crippen LogP contribution in [0.15, 0.2) is 34.9 Å². The summed E-state index contributed by atoms with van der Waals surface area (Å²) in [5.41, 5.74) is 1.12. The molecule has 2 aliphatic rings. The number of amides is 2. The van der Waals surface area contributed by atoms with Gasteiger partial charge < -0.3 is 14.3 Å². The lowest BCUT2D eigenvalue weighted by Gasteiger charge is -2.35. The summed E-state index contributed by atoms with van der Waals surface area (Å²) in [4.78, 5) is 31.1. The predicted octanol–water partition coefficient (Wildman–Crippen LogP) is 2.77. The Balaban J connectivity index is 1.30. The predicted molar refractivity (Wildman–Crippen MR) is 110 cm³/mol. The third kappa shape index (κ3) is 4.79. The molecule has 1 aromatic carbocycles. The van der Waals surface area contributed by atoms with Gasteiger partial charge in [-0.1, -0.05) is 16.8 Å². The molecule has 2 amide bonds. The molecule has 0 saturated carbocycles. The number of hydrogen-bond acceptors (Lipinski definition) is 5. The first-order chi connectivity index (χ1) is 14.1. The van der Waals surface area contributed by atoms with Crippen LogP contribution in [0.4, 0.5) is 0 Å². The Bertz CT molecular complexity index is 853. The highest BCUT2D eigenvalue weighted by molar-refractivity contribution is 6.30. The number of nitrogens with zero attached hydrogens (tertiary/aromatic N) is 4. The molecule has 2 aromatic rings. The molecular weight excluding hydrogens is 392 g/mol. The summed E-state index contributed by atoms with van der Waals surface area (Å²) >= 11 is 5.91. The van der Waals surface area contributed by atoms with Crippen LogP contribution in [0.1, 0.15) is 29.8 Å². The maximum atomic E-state index is 12.8. The molecule has 2 aliphatic heterocycles. The third-order valence-electron chi connectivity index (χ3n) is 5.59. The first-order valence-electron chi connectivity index (χ1n) is 10.1. The number of likely N-dealkylation sites (tertiary alicyclic amines) is 1. The molecule has 0 atom stereocenters. The van der Waals surface area contributed by atoms with Crippen LogP contribution in [-0.2, 0) is 4.79 Å². The number of piperidine rings is 1. The Labute approximate surface area is 175 Å². The zero-order chi connectivity index (χ0) is 20.2. The quantitative estimate of drug-likeness (QED) is 0.766. The highest BCUT2D eigenvalue weighted by atomic mass is 35.5. The molecule has 4 rings (SSSR count). The molecule has 1 aromatic heterocycles. The van der Waals surface area contributed by atoms with Gasteiger partial charge in [-0.25, -0.2) is 0 Å². The van der Waals surface area contributed by atoms with Crippen molar-refractivity contribution in [2.75, 3.05) is 45.8 Å². The van der Waals surface area contributed by atoms with Gasteiger partial charge in [0.25, 0.3) is 5.91 Å². The standard InChI is InChI=1S/C21H25ClN4O3/c22-17-6-4-16(5-7-17)19-14-18(23-29-19)21(28)26-12-10-24(11-13-26)15-20(27)25-8-2-1-3-9-25/h4-7,14H,1-3,8-13,15H2. The van der Waals surface area contributed by atoms with Crippen LogP contribution in [0.5, 0.6) is 0 Å². The minimum absolute atomic E-state index is 0.143. The number of piperazine rings is 1.